The molecule has 0 unspecified atom stereocenters. The molecule has 1 heterocycles. The molecule has 1 aromatic rings. The predicted octanol–water partition coefficient (Wildman–Crippen LogP) is 1.32. The summed E-state index contributed by atoms with van der Waals surface area (Å²) >= 11 is 0. The third-order valence-electron chi connectivity index (χ3n) is 1.71. The summed E-state index contributed by atoms with van der Waals surface area (Å²) in [5.74, 6) is -0.865. The number of rotatable bonds is 4. The van der Waals surface area contributed by atoms with Crippen LogP contribution in [0.25, 0.3) is 0 Å². The molecule has 1 rings (SSSR count). The first-order valence-corrected chi connectivity index (χ1v) is 4.90. The van der Waals surface area contributed by atoms with Crippen LogP contribution in [0.2, 0.25) is 0 Å². The van der Waals surface area contributed by atoms with E-state index in [1.54, 1.807) is 25.1 Å². The molecule has 16 heavy (non-hydrogen) atoms. The molecule has 1 aromatic heterocycles. The molecular formula is C11H13NO4. The van der Waals surface area contributed by atoms with E-state index in [2.05, 4.69) is 4.98 Å². The average molecular weight is 223 g/mol. The van der Waals surface area contributed by atoms with Gasteiger partial charge in [-0.2, -0.15) is 0 Å². The fourth-order valence-electron chi connectivity index (χ4n) is 1.05. The van der Waals surface area contributed by atoms with Gasteiger partial charge in [0.05, 0.1) is 12.3 Å². The molecule has 86 valence electrons. The minimum absolute atomic E-state index is 0.0581. The fourth-order valence-corrected chi connectivity index (χ4v) is 1.05. The van der Waals surface area contributed by atoms with Crippen LogP contribution < -0.4 is 0 Å². The van der Waals surface area contributed by atoms with E-state index in [0.717, 1.165) is 0 Å². The lowest BCUT2D eigenvalue weighted by molar-refractivity contribution is -0.142. The Morgan fingerprint density at radius 1 is 1.31 bits per heavy atom. The number of aromatic nitrogens is 1. The van der Waals surface area contributed by atoms with Gasteiger partial charge in [-0.05, 0) is 19.1 Å². The molecule has 0 spiro atoms. The summed E-state index contributed by atoms with van der Waals surface area (Å²) in [6, 6.07) is 4.89. The normalized spacial score (nSPS) is 9.62. The van der Waals surface area contributed by atoms with Crippen molar-refractivity contribution < 1.29 is 19.1 Å². The molecule has 0 saturated heterocycles. The SMILES string of the molecule is CCOC(=O)c1cccc(COC(C)=O)n1. The highest BCUT2D eigenvalue weighted by Gasteiger charge is 2.08. The monoisotopic (exact) mass is 223 g/mol. The van der Waals surface area contributed by atoms with Crippen molar-refractivity contribution in [2.75, 3.05) is 6.61 Å². The number of nitrogens with zero attached hydrogens (tertiary/aromatic N) is 1. The van der Waals surface area contributed by atoms with E-state index >= 15 is 0 Å². The first kappa shape index (κ1) is 12.2. The van der Waals surface area contributed by atoms with Crippen molar-refractivity contribution >= 4 is 11.9 Å². The molecule has 0 radical (unpaired) electrons. The quantitative estimate of drug-likeness (QED) is 0.720. The molecular weight excluding hydrogens is 210 g/mol. The minimum Gasteiger partial charge on any atom is -0.461 e. The van der Waals surface area contributed by atoms with Crippen LogP contribution in [0.4, 0.5) is 0 Å². The topological polar surface area (TPSA) is 65.5 Å². The van der Waals surface area contributed by atoms with Gasteiger partial charge < -0.3 is 9.47 Å². The van der Waals surface area contributed by atoms with Gasteiger partial charge >= 0.3 is 11.9 Å². The summed E-state index contributed by atoms with van der Waals surface area (Å²) < 4.78 is 9.57. The summed E-state index contributed by atoms with van der Waals surface area (Å²) in [5, 5.41) is 0. The van der Waals surface area contributed by atoms with Gasteiger partial charge in [-0.25, -0.2) is 9.78 Å². The minimum atomic E-state index is -0.479. The lowest BCUT2D eigenvalue weighted by atomic mass is 10.3. The number of hydrogen-bond acceptors (Lipinski definition) is 5. The summed E-state index contributed by atoms with van der Waals surface area (Å²) in [6.45, 7) is 3.40. The van der Waals surface area contributed by atoms with Crippen molar-refractivity contribution in [3.8, 4) is 0 Å². The number of carbonyl (C=O) groups is 2. The van der Waals surface area contributed by atoms with Gasteiger partial charge in [-0.15, -0.1) is 0 Å². The Kier molecular flexibility index (Phi) is 4.44. The first-order valence-electron chi connectivity index (χ1n) is 4.90. The summed E-state index contributed by atoms with van der Waals surface area (Å²) in [4.78, 5) is 26.0. The lowest BCUT2D eigenvalue weighted by Crippen LogP contribution is -2.09. The molecule has 0 saturated carbocycles. The van der Waals surface area contributed by atoms with Gasteiger partial charge in [0, 0.05) is 6.92 Å². The molecule has 0 amide bonds. The third kappa shape index (κ3) is 3.68. The van der Waals surface area contributed by atoms with Crippen molar-refractivity contribution in [3.05, 3.63) is 29.6 Å². The fraction of sp³-hybridized carbons (Fsp3) is 0.364. The maximum absolute atomic E-state index is 11.3. The Balaban J connectivity index is 2.70. The zero-order chi connectivity index (χ0) is 12.0. The van der Waals surface area contributed by atoms with Crippen LogP contribution in [0.15, 0.2) is 18.2 Å². The van der Waals surface area contributed by atoms with Gasteiger partial charge in [0.25, 0.3) is 0 Å². The molecule has 0 N–H and O–H groups in total. The molecule has 5 nitrogen and oxygen atoms in total. The van der Waals surface area contributed by atoms with Crippen molar-refractivity contribution in [2.24, 2.45) is 0 Å². The van der Waals surface area contributed by atoms with Crippen molar-refractivity contribution in [2.45, 2.75) is 20.5 Å². The lowest BCUT2D eigenvalue weighted by Gasteiger charge is -2.04. The number of hydrogen-bond donors (Lipinski definition) is 0. The van der Waals surface area contributed by atoms with Crippen LogP contribution >= 0.6 is 0 Å². The molecule has 0 aromatic carbocycles. The molecule has 0 aliphatic rings. The first-order chi connectivity index (χ1) is 7.63. The highest BCUT2D eigenvalue weighted by atomic mass is 16.5. The number of pyridine rings is 1. The van der Waals surface area contributed by atoms with E-state index in [4.69, 9.17) is 9.47 Å². The van der Waals surface area contributed by atoms with E-state index in [1.165, 1.54) is 6.92 Å². The Morgan fingerprint density at radius 2 is 2.06 bits per heavy atom. The van der Waals surface area contributed by atoms with Crippen LogP contribution in [-0.4, -0.2) is 23.5 Å². The largest absolute Gasteiger partial charge is 0.461 e. The Morgan fingerprint density at radius 3 is 2.69 bits per heavy atom. The van der Waals surface area contributed by atoms with Gasteiger partial charge in [0.2, 0.25) is 0 Å². The number of carbonyl (C=O) groups excluding carboxylic acids is 2. The van der Waals surface area contributed by atoms with Crippen LogP contribution in [0, 0.1) is 0 Å². The van der Waals surface area contributed by atoms with Crippen LogP contribution in [0.3, 0.4) is 0 Å². The second-order valence-corrected chi connectivity index (χ2v) is 3.01. The Labute approximate surface area is 93.4 Å². The third-order valence-corrected chi connectivity index (χ3v) is 1.71. The van der Waals surface area contributed by atoms with E-state index in [0.29, 0.717) is 12.3 Å². The maximum atomic E-state index is 11.3. The maximum Gasteiger partial charge on any atom is 0.356 e. The number of esters is 2. The zero-order valence-corrected chi connectivity index (χ0v) is 9.23. The van der Waals surface area contributed by atoms with E-state index in [-0.39, 0.29) is 18.3 Å². The van der Waals surface area contributed by atoms with Crippen molar-refractivity contribution in [1.82, 2.24) is 4.98 Å². The molecule has 5 heteroatoms. The Bertz CT molecular complexity index is 389. The van der Waals surface area contributed by atoms with E-state index < -0.39 is 5.97 Å². The summed E-state index contributed by atoms with van der Waals surface area (Å²) in [7, 11) is 0. The summed E-state index contributed by atoms with van der Waals surface area (Å²) in [5.41, 5.74) is 0.729. The average Bonchev–Trinajstić information content (AvgIpc) is 2.27. The smallest absolute Gasteiger partial charge is 0.356 e. The zero-order valence-electron chi connectivity index (χ0n) is 9.23. The summed E-state index contributed by atoms with van der Waals surface area (Å²) in [6.07, 6.45) is 0. The van der Waals surface area contributed by atoms with E-state index in [9.17, 15) is 9.59 Å². The van der Waals surface area contributed by atoms with Crippen LogP contribution in [0.5, 0.6) is 0 Å². The van der Waals surface area contributed by atoms with Gasteiger partial charge in [0.1, 0.15) is 12.3 Å². The van der Waals surface area contributed by atoms with Crippen LogP contribution in [-0.2, 0) is 20.9 Å². The predicted molar refractivity (Wildman–Crippen MR) is 55.7 cm³/mol. The molecule has 0 bridgehead atoms. The van der Waals surface area contributed by atoms with E-state index in [1.807, 2.05) is 0 Å². The van der Waals surface area contributed by atoms with Crippen molar-refractivity contribution in [1.29, 1.82) is 0 Å². The Hall–Kier alpha value is -1.91. The second-order valence-electron chi connectivity index (χ2n) is 3.01. The number of ether oxygens (including phenoxy) is 2. The molecule has 0 aliphatic heterocycles. The molecule has 0 fully saturated rings. The van der Waals surface area contributed by atoms with Gasteiger partial charge in [-0.1, -0.05) is 6.07 Å². The second kappa shape index (κ2) is 5.85. The van der Waals surface area contributed by atoms with Gasteiger partial charge in [0.15, 0.2) is 0 Å². The molecule has 0 aliphatic carbocycles. The highest BCUT2D eigenvalue weighted by molar-refractivity contribution is 5.87. The van der Waals surface area contributed by atoms with Crippen molar-refractivity contribution in [3.63, 3.8) is 0 Å². The molecule has 0 atom stereocenters. The van der Waals surface area contributed by atoms with Crippen LogP contribution in [0.1, 0.15) is 30.0 Å². The standard InChI is InChI=1S/C11H13NO4/c1-3-15-11(14)10-6-4-5-9(12-10)7-16-8(2)13/h4-6H,3,7H2,1-2H3. The highest BCUT2D eigenvalue weighted by Crippen LogP contribution is 2.03. The van der Waals surface area contributed by atoms with Gasteiger partial charge in [-0.3, -0.25) is 4.79 Å².